The number of hydrogen-bond donors (Lipinski definition) is 0. The van der Waals surface area contributed by atoms with Crippen LogP contribution in [0.4, 0.5) is 0 Å². The Kier molecular flexibility index (Phi) is 3.52. The Morgan fingerprint density at radius 1 is 1.07 bits per heavy atom. The molecule has 0 aliphatic rings. The van der Waals surface area contributed by atoms with E-state index in [4.69, 9.17) is 4.74 Å². The van der Waals surface area contributed by atoms with Gasteiger partial charge in [0.25, 0.3) is 0 Å². The van der Waals surface area contributed by atoms with E-state index in [1.807, 2.05) is 51.1 Å². The van der Waals surface area contributed by atoms with Crippen LogP contribution in [0.2, 0.25) is 0 Å². The molecular weight excluding hydrogens is 172 g/mol. The number of ether oxygens (including phenoxy) is 1. The monoisotopic (exact) mass is 188 g/mol. The third-order valence-electron chi connectivity index (χ3n) is 2.08. The highest BCUT2D eigenvalue weighted by atomic mass is 16.5. The molecule has 0 heterocycles. The molecule has 1 heteroatoms. The van der Waals surface area contributed by atoms with E-state index < -0.39 is 0 Å². The molecule has 0 saturated carbocycles. The Balaban J connectivity index is 2.75. The zero-order valence-electron chi connectivity index (χ0n) is 9.00. The molecule has 74 valence electrons. The minimum atomic E-state index is 0.698. The highest BCUT2D eigenvalue weighted by Gasteiger charge is 2.00. The fraction of sp³-hybridized carbons (Fsp3) is 0.231. The van der Waals surface area contributed by atoms with E-state index >= 15 is 0 Å². The molecule has 0 spiro atoms. The molecule has 1 rings (SSSR count). The van der Waals surface area contributed by atoms with Crippen LogP contribution in [0, 0.1) is 0 Å². The third kappa shape index (κ3) is 2.77. The van der Waals surface area contributed by atoms with Crippen molar-refractivity contribution in [1.29, 1.82) is 0 Å². The Labute approximate surface area is 85.7 Å². The molecule has 0 atom stereocenters. The smallest absolute Gasteiger partial charge is 0.126 e. The maximum Gasteiger partial charge on any atom is 0.126 e. The maximum absolute atomic E-state index is 5.58. The molecule has 0 bridgehead atoms. The van der Waals surface area contributed by atoms with Gasteiger partial charge in [-0.25, -0.2) is 0 Å². The standard InChI is InChI=1S/C13H16O/c1-10(2)11(3)14-12(4)13-8-6-5-7-9-13/h5-9H,4H2,1-3H3. The van der Waals surface area contributed by atoms with Crippen molar-refractivity contribution in [3.05, 3.63) is 53.8 Å². The molecule has 14 heavy (non-hydrogen) atoms. The molecule has 0 unspecified atom stereocenters. The molecule has 0 saturated heterocycles. The van der Waals surface area contributed by atoms with Crippen LogP contribution in [-0.2, 0) is 4.74 Å². The second kappa shape index (κ2) is 4.66. The predicted molar refractivity (Wildman–Crippen MR) is 60.6 cm³/mol. The molecule has 0 N–H and O–H groups in total. The van der Waals surface area contributed by atoms with Crippen molar-refractivity contribution in [2.45, 2.75) is 20.8 Å². The van der Waals surface area contributed by atoms with Gasteiger partial charge in [0, 0.05) is 5.56 Å². The van der Waals surface area contributed by atoms with Crippen molar-refractivity contribution < 1.29 is 4.74 Å². The van der Waals surface area contributed by atoms with Gasteiger partial charge in [0.15, 0.2) is 0 Å². The fourth-order valence-corrected chi connectivity index (χ4v) is 0.970. The van der Waals surface area contributed by atoms with Gasteiger partial charge in [0.2, 0.25) is 0 Å². The molecule has 0 radical (unpaired) electrons. The second-order valence-electron chi connectivity index (χ2n) is 3.45. The van der Waals surface area contributed by atoms with E-state index in [-0.39, 0.29) is 0 Å². The highest BCUT2D eigenvalue weighted by Crippen LogP contribution is 2.18. The van der Waals surface area contributed by atoms with Crippen molar-refractivity contribution >= 4 is 5.76 Å². The van der Waals surface area contributed by atoms with E-state index in [9.17, 15) is 0 Å². The van der Waals surface area contributed by atoms with Crippen LogP contribution in [0.25, 0.3) is 5.76 Å². The lowest BCUT2D eigenvalue weighted by molar-refractivity contribution is 0.380. The third-order valence-corrected chi connectivity index (χ3v) is 2.08. The maximum atomic E-state index is 5.58. The van der Waals surface area contributed by atoms with Crippen LogP contribution in [0.15, 0.2) is 48.2 Å². The summed E-state index contributed by atoms with van der Waals surface area (Å²) in [6, 6.07) is 9.90. The molecule has 1 nitrogen and oxygen atoms in total. The second-order valence-corrected chi connectivity index (χ2v) is 3.45. The normalized spacial score (nSPS) is 9.36. The van der Waals surface area contributed by atoms with Crippen LogP contribution in [0.5, 0.6) is 0 Å². The van der Waals surface area contributed by atoms with E-state index in [0.29, 0.717) is 5.76 Å². The number of hydrogen-bond acceptors (Lipinski definition) is 1. The van der Waals surface area contributed by atoms with Gasteiger partial charge in [-0.2, -0.15) is 0 Å². The molecule has 1 aromatic rings. The molecule has 1 aromatic carbocycles. The van der Waals surface area contributed by atoms with Crippen LogP contribution in [0.3, 0.4) is 0 Å². The Morgan fingerprint density at radius 2 is 1.64 bits per heavy atom. The lowest BCUT2D eigenvalue weighted by atomic mass is 10.2. The molecule has 0 amide bonds. The van der Waals surface area contributed by atoms with Gasteiger partial charge < -0.3 is 4.74 Å². The van der Waals surface area contributed by atoms with Crippen LogP contribution in [-0.4, -0.2) is 0 Å². The van der Waals surface area contributed by atoms with Crippen LogP contribution < -0.4 is 0 Å². The summed E-state index contributed by atoms with van der Waals surface area (Å²) in [4.78, 5) is 0. The van der Waals surface area contributed by atoms with Gasteiger partial charge in [0.1, 0.15) is 5.76 Å². The summed E-state index contributed by atoms with van der Waals surface area (Å²) >= 11 is 0. The van der Waals surface area contributed by atoms with E-state index in [1.54, 1.807) is 0 Å². The minimum Gasteiger partial charge on any atom is -0.462 e. The topological polar surface area (TPSA) is 9.23 Å². The summed E-state index contributed by atoms with van der Waals surface area (Å²) in [5.41, 5.74) is 2.19. The van der Waals surface area contributed by atoms with E-state index in [1.165, 1.54) is 5.57 Å². The average Bonchev–Trinajstić information content (AvgIpc) is 2.19. The number of allylic oxidation sites excluding steroid dienone is 2. The lowest BCUT2D eigenvalue weighted by Crippen LogP contribution is -1.90. The summed E-state index contributed by atoms with van der Waals surface area (Å²) in [5, 5.41) is 0. The van der Waals surface area contributed by atoms with Gasteiger partial charge in [-0.3, -0.25) is 0 Å². The van der Waals surface area contributed by atoms with Crippen molar-refractivity contribution in [3.8, 4) is 0 Å². The highest BCUT2D eigenvalue weighted by molar-refractivity contribution is 5.57. The van der Waals surface area contributed by atoms with E-state index in [2.05, 4.69) is 6.58 Å². The van der Waals surface area contributed by atoms with Crippen molar-refractivity contribution in [3.63, 3.8) is 0 Å². The van der Waals surface area contributed by atoms with Crippen molar-refractivity contribution in [1.82, 2.24) is 0 Å². The fourth-order valence-electron chi connectivity index (χ4n) is 0.970. The summed E-state index contributed by atoms with van der Waals surface area (Å²) < 4.78 is 5.58. The van der Waals surface area contributed by atoms with Crippen molar-refractivity contribution in [2.75, 3.05) is 0 Å². The van der Waals surface area contributed by atoms with Gasteiger partial charge in [-0.1, -0.05) is 36.9 Å². The first-order chi connectivity index (χ1) is 6.61. The predicted octanol–water partition coefficient (Wildman–Crippen LogP) is 3.99. The average molecular weight is 188 g/mol. The van der Waals surface area contributed by atoms with E-state index in [0.717, 1.165) is 11.3 Å². The van der Waals surface area contributed by atoms with Crippen molar-refractivity contribution in [2.24, 2.45) is 0 Å². The Morgan fingerprint density at radius 3 is 2.14 bits per heavy atom. The summed E-state index contributed by atoms with van der Waals surface area (Å²) in [7, 11) is 0. The molecule has 0 aliphatic heterocycles. The lowest BCUT2D eigenvalue weighted by Gasteiger charge is -2.10. The largest absolute Gasteiger partial charge is 0.462 e. The first-order valence-electron chi connectivity index (χ1n) is 4.67. The molecule has 0 fully saturated rings. The minimum absolute atomic E-state index is 0.698. The van der Waals surface area contributed by atoms with Gasteiger partial charge in [-0.15, -0.1) is 0 Å². The van der Waals surface area contributed by atoms with Gasteiger partial charge >= 0.3 is 0 Å². The summed E-state index contributed by atoms with van der Waals surface area (Å²) in [6.45, 7) is 9.88. The number of benzene rings is 1. The molecular formula is C13H16O. The molecule has 0 aromatic heterocycles. The number of rotatable bonds is 3. The SMILES string of the molecule is C=C(OC(C)=C(C)C)c1ccccc1. The molecule has 0 aliphatic carbocycles. The first-order valence-corrected chi connectivity index (χ1v) is 4.67. The van der Waals surface area contributed by atoms with Crippen LogP contribution in [0.1, 0.15) is 26.3 Å². The van der Waals surface area contributed by atoms with Crippen LogP contribution >= 0.6 is 0 Å². The van der Waals surface area contributed by atoms with Gasteiger partial charge in [0.05, 0.1) is 5.76 Å². The Bertz CT molecular complexity index is 343. The summed E-state index contributed by atoms with van der Waals surface area (Å²) in [6.07, 6.45) is 0. The van der Waals surface area contributed by atoms with Gasteiger partial charge in [-0.05, 0) is 26.3 Å². The zero-order chi connectivity index (χ0) is 10.6. The quantitative estimate of drug-likeness (QED) is 0.652. The Hall–Kier alpha value is -1.50. The summed E-state index contributed by atoms with van der Waals surface area (Å²) in [5.74, 6) is 1.61. The zero-order valence-corrected chi connectivity index (χ0v) is 9.00. The first kappa shape index (κ1) is 10.6.